The Labute approximate surface area is 83.8 Å². The quantitative estimate of drug-likeness (QED) is 0.776. The van der Waals surface area contributed by atoms with E-state index in [1.165, 1.54) is 6.07 Å². The Morgan fingerprint density at radius 2 is 2.14 bits per heavy atom. The summed E-state index contributed by atoms with van der Waals surface area (Å²) in [5.41, 5.74) is 1.43. The first-order valence-electron chi connectivity index (χ1n) is 4.79. The van der Waals surface area contributed by atoms with Crippen molar-refractivity contribution in [3.8, 4) is 0 Å². The molecule has 2 nitrogen and oxygen atoms in total. The van der Waals surface area contributed by atoms with Crippen molar-refractivity contribution in [1.82, 2.24) is 0 Å². The molecule has 0 amide bonds. The van der Waals surface area contributed by atoms with Crippen LogP contribution < -0.4 is 5.32 Å². The molecule has 0 aliphatic rings. The lowest BCUT2D eigenvalue weighted by Crippen LogP contribution is -2.06. The molecule has 1 aromatic carbocycles. The van der Waals surface area contributed by atoms with Crippen LogP contribution in [-0.4, -0.2) is 18.3 Å². The topological polar surface area (TPSA) is 32.3 Å². The van der Waals surface area contributed by atoms with Crippen molar-refractivity contribution >= 4 is 5.69 Å². The van der Waals surface area contributed by atoms with Crippen LogP contribution in [0.4, 0.5) is 10.1 Å². The molecule has 78 valence electrons. The highest BCUT2D eigenvalue weighted by Gasteiger charge is 2.06. The van der Waals surface area contributed by atoms with Gasteiger partial charge in [0, 0.05) is 12.2 Å². The van der Waals surface area contributed by atoms with Gasteiger partial charge in [-0.25, -0.2) is 4.39 Å². The van der Waals surface area contributed by atoms with Crippen molar-refractivity contribution in [2.24, 2.45) is 0 Å². The van der Waals surface area contributed by atoms with Gasteiger partial charge >= 0.3 is 0 Å². The summed E-state index contributed by atoms with van der Waals surface area (Å²) in [6, 6.07) is 5.07. The summed E-state index contributed by atoms with van der Waals surface area (Å²) in [6.45, 7) is 4.41. The molecule has 0 radical (unpaired) electrons. The van der Waals surface area contributed by atoms with E-state index in [0.29, 0.717) is 12.2 Å². The standard InChI is InChI=1S/C11H16FNO/c1-8(2)10-4-3-9(7-11(10)12)13-5-6-14/h3-4,7-8,13-14H,5-6H2,1-2H3. The van der Waals surface area contributed by atoms with Crippen LogP contribution in [-0.2, 0) is 0 Å². The van der Waals surface area contributed by atoms with E-state index >= 15 is 0 Å². The lowest BCUT2D eigenvalue weighted by molar-refractivity contribution is 0.311. The van der Waals surface area contributed by atoms with Crippen LogP contribution in [0.5, 0.6) is 0 Å². The number of hydrogen-bond donors (Lipinski definition) is 2. The van der Waals surface area contributed by atoms with Crippen LogP contribution in [0, 0.1) is 5.82 Å². The van der Waals surface area contributed by atoms with Gasteiger partial charge < -0.3 is 10.4 Å². The monoisotopic (exact) mass is 197 g/mol. The summed E-state index contributed by atoms with van der Waals surface area (Å²) >= 11 is 0. The number of benzene rings is 1. The average molecular weight is 197 g/mol. The molecule has 0 bridgehead atoms. The van der Waals surface area contributed by atoms with Crippen molar-refractivity contribution in [2.45, 2.75) is 19.8 Å². The minimum absolute atomic E-state index is 0.0492. The third-order valence-electron chi connectivity index (χ3n) is 2.06. The Balaban J connectivity index is 2.78. The fourth-order valence-corrected chi connectivity index (χ4v) is 1.31. The first-order valence-corrected chi connectivity index (χ1v) is 4.79. The first-order chi connectivity index (χ1) is 6.65. The first kappa shape index (κ1) is 11.0. The van der Waals surface area contributed by atoms with Crippen LogP contribution in [0.2, 0.25) is 0 Å². The predicted molar refractivity (Wildman–Crippen MR) is 56.1 cm³/mol. The van der Waals surface area contributed by atoms with Crippen LogP contribution in [0.1, 0.15) is 25.3 Å². The van der Waals surface area contributed by atoms with E-state index in [2.05, 4.69) is 5.32 Å². The van der Waals surface area contributed by atoms with Gasteiger partial charge in [0.1, 0.15) is 5.82 Å². The van der Waals surface area contributed by atoms with Gasteiger partial charge in [0.25, 0.3) is 0 Å². The summed E-state index contributed by atoms with van der Waals surface area (Å²) in [5, 5.41) is 11.5. The zero-order valence-electron chi connectivity index (χ0n) is 8.55. The second-order valence-electron chi connectivity index (χ2n) is 3.54. The zero-order valence-corrected chi connectivity index (χ0v) is 8.55. The molecule has 0 spiro atoms. The molecule has 2 N–H and O–H groups in total. The molecule has 1 rings (SSSR count). The fourth-order valence-electron chi connectivity index (χ4n) is 1.31. The number of aliphatic hydroxyl groups is 1. The highest BCUT2D eigenvalue weighted by atomic mass is 19.1. The predicted octanol–water partition coefficient (Wildman–Crippen LogP) is 2.35. The van der Waals surface area contributed by atoms with E-state index in [1.54, 1.807) is 6.07 Å². The van der Waals surface area contributed by atoms with Crippen LogP contribution >= 0.6 is 0 Å². The van der Waals surface area contributed by atoms with E-state index in [0.717, 1.165) is 5.56 Å². The SMILES string of the molecule is CC(C)c1ccc(NCCO)cc1F. The lowest BCUT2D eigenvalue weighted by atomic mass is 10.0. The molecule has 0 unspecified atom stereocenters. The number of hydrogen-bond acceptors (Lipinski definition) is 2. The average Bonchev–Trinajstić information content (AvgIpc) is 2.14. The number of nitrogens with one attached hydrogen (secondary N) is 1. The lowest BCUT2D eigenvalue weighted by Gasteiger charge is -2.09. The van der Waals surface area contributed by atoms with Crippen molar-refractivity contribution in [1.29, 1.82) is 0 Å². The minimum Gasteiger partial charge on any atom is -0.395 e. The summed E-state index contributed by atoms with van der Waals surface area (Å²) in [5.74, 6) is 0.00447. The maximum Gasteiger partial charge on any atom is 0.128 e. The van der Waals surface area contributed by atoms with Gasteiger partial charge in [-0.3, -0.25) is 0 Å². The molecule has 0 aliphatic carbocycles. The van der Waals surface area contributed by atoms with Gasteiger partial charge in [-0.15, -0.1) is 0 Å². The number of rotatable bonds is 4. The molecular weight excluding hydrogens is 181 g/mol. The Morgan fingerprint density at radius 1 is 1.43 bits per heavy atom. The molecule has 0 saturated heterocycles. The van der Waals surface area contributed by atoms with Crippen molar-refractivity contribution in [2.75, 3.05) is 18.5 Å². The van der Waals surface area contributed by atoms with E-state index in [1.807, 2.05) is 19.9 Å². The Kier molecular flexibility index (Phi) is 3.89. The summed E-state index contributed by atoms with van der Waals surface area (Å²) < 4.78 is 13.4. The number of anilines is 1. The van der Waals surface area contributed by atoms with Crippen LogP contribution in [0.15, 0.2) is 18.2 Å². The van der Waals surface area contributed by atoms with Gasteiger partial charge in [0.15, 0.2) is 0 Å². The van der Waals surface area contributed by atoms with Gasteiger partial charge in [0.05, 0.1) is 6.61 Å². The maximum atomic E-state index is 13.4. The summed E-state index contributed by atoms with van der Waals surface area (Å²) in [7, 11) is 0. The number of halogens is 1. The molecule has 3 heteroatoms. The molecule has 0 aliphatic heterocycles. The largest absolute Gasteiger partial charge is 0.395 e. The van der Waals surface area contributed by atoms with Gasteiger partial charge in [0.2, 0.25) is 0 Å². The molecule has 0 aromatic heterocycles. The van der Waals surface area contributed by atoms with Crippen LogP contribution in [0.3, 0.4) is 0 Å². The third kappa shape index (κ3) is 2.70. The van der Waals surface area contributed by atoms with Gasteiger partial charge in [-0.05, 0) is 23.6 Å². The number of aliphatic hydroxyl groups excluding tert-OH is 1. The molecule has 14 heavy (non-hydrogen) atoms. The van der Waals surface area contributed by atoms with E-state index in [-0.39, 0.29) is 18.3 Å². The molecule has 0 saturated carbocycles. The smallest absolute Gasteiger partial charge is 0.128 e. The van der Waals surface area contributed by atoms with E-state index in [4.69, 9.17) is 5.11 Å². The zero-order chi connectivity index (χ0) is 10.6. The maximum absolute atomic E-state index is 13.4. The second-order valence-corrected chi connectivity index (χ2v) is 3.54. The highest BCUT2D eigenvalue weighted by molar-refractivity contribution is 5.45. The van der Waals surface area contributed by atoms with Crippen LogP contribution in [0.25, 0.3) is 0 Å². The second kappa shape index (κ2) is 4.96. The highest BCUT2D eigenvalue weighted by Crippen LogP contribution is 2.21. The molecule has 0 heterocycles. The minimum atomic E-state index is -0.192. The normalized spacial score (nSPS) is 10.6. The van der Waals surface area contributed by atoms with Gasteiger partial charge in [-0.2, -0.15) is 0 Å². The molecule has 0 atom stereocenters. The van der Waals surface area contributed by atoms with Crippen molar-refractivity contribution < 1.29 is 9.50 Å². The van der Waals surface area contributed by atoms with Gasteiger partial charge in [-0.1, -0.05) is 19.9 Å². The Morgan fingerprint density at radius 3 is 2.64 bits per heavy atom. The van der Waals surface area contributed by atoms with Crippen molar-refractivity contribution in [3.63, 3.8) is 0 Å². The Bertz CT molecular complexity index is 299. The summed E-state index contributed by atoms with van der Waals surface area (Å²) in [6.07, 6.45) is 0. The Hall–Kier alpha value is -1.09. The van der Waals surface area contributed by atoms with E-state index < -0.39 is 0 Å². The fraction of sp³-hybridized carbons (Fsp3) is 0.455. The molecule has 1 aromatic rings. The molecule has 0 fully saturated rings. The van der Waals surface area contributed by atoms with E-state index in [9.17, 15) is 4.39 Å². The summed E-state index contributed by atoms with van der Waals surface area (Å²) in [4.78, 5) is 0. The molecular formula is C11H16FNO. The van der Waals surface area contributed by atoms with Crippen molar-refractivity contribution in [3.05, 3.63) is 29.6 Å². The third-order valence-corrected chi connectivity index (χ3v) is 2.06.